The van der Waals surface area contributed by atoms with E-state index in [2.05, 4.69) is 44.1 Å². The van der Waals surface area contributed by atoms with Crippen molar-refractivity contribution in [1.29, 1.82) is 0 Å². The molecule has 33 heavy (non-hydrogen) atoms. The zero-order valence-corrected chi connectivity index (χ0v) is 19.3. The van der Waals surface area contributed by atoms with Gasteiger partial charge in [-0.3, -0.25) is 14.4 Å². The molecule has 4 rings (SSSR count). The summed E-state index contributed by atoms with van der Waals surface area (Å²) < 4.78 is 25.3. The highest BCUT2D eigenvalue weighted by atomic mass is 32.2. The highest BCUT2D eigenvalue weighted by Gasteiger charge is 2.32. The Labute approximate surface area is 195 Å². The molecular weight excluding hydrogens is 436 g/mol. The minimum absolute atomic E-state index is 0.0876. The Bertz CT molecular complexity index is 1170. The second-order valence-electron chi connectivity index (χ2n) is 8.19. The van der Waals surface area contributed by atoms with Crippen LogP contribution in [0.1, 0.15) is 5.56 Å². The number of anilines is 3. The van der Waals surface area contributed by atoms with E-state index in [0.29, 0.717) is 24.5 Å². The highest BCUT2D eigenvalue weighted by molar-refractivity contribution is 7.92. The van der Waals surface area contributed by atoms with Crippen LogP contribution in [0.3, 0.4) is 0 Å². The van der Waals surface area contributed by atoms with Crippen LogP contribution in [0.25, 0.3) is 0 Å². The molecule has 1 saturated heterocycles. The van der Waals surface area contributed by atoms with Crippen LogP contribution in [0.4, 0.5) is 17.1 Å². The number of carbonyl (C=O) groups excluding carboxylic acids is 1. The Kier molecular flexibility index (Phi) is 6.96. The number of nitrogens with one attached hydrogen (secondary N) is 2. The quantitative estimate of drug-likeness (QED) is 0.560. The molecule has 7 nitrogen and oxygen atoms in total. The van der Waals surface area contributed by atoms with Crippen molar-refractivity contribution in [3.05, 3.63) is 90.5 Å². The molecule has 0 radical (unpaired) electrons. The van der Waals surface area contributed by atoms with Crippen molar-refractivity contribution in [3.63, 3.8) is 0 Å². The third kappa shape index (κ3) is 6.34. The number of hydrogen-bond donors (Lipinski definition) is 2. The molecule has 1 amide bonds. The van der Waals surface area contributed by atoms with Gasteiger partial charge in [0.1, 0.15) is 6.04 Å². The molecule has 3 aromatic carbocycles. The Balaban J connectivity index is 1.50. The predicted octanol–water partition coefficient (Wildman–Crippen LogP) is 3.39. The van der Waals surface area contributed by atoms with Crippen molar-refractivity contribution in [1.82, 2.24) is 4.90 Å². The summed E-state index contributed by atoms with van der Waals surface area (Å²) in [5.41, 5.74) is 3.34. The molecule has 8 heteroatoms. The van der Waals surface area contributed by atoms with Crippen LogP contribution < -0.4 is 14.9 Å². The summed E-state index contributed by atoms with van der Waals surface area (Å²) in [6.07, 6.45) is 1.10. The van der Waals surface area contributed by atoms with Gasteiger partial charge in [0.2, 0.25) is 15.9 Å². The maximum absolute atomic E-state index is 13.4. The third-order valence-corrected chi connectivity index (χ3v) is 6.21. The summed E-state index contributed by atoms with van der Waals surface area (Å²) in [7, 11) is -3.35. The van der Waals surface area contributed by atoms with Gasteiger partial charge in [0.25, 0.3) is 0 Å². The van der Waals surface area contributed by atoms with E-state index in [0.717, 1.165) is 25.0 Å². The maximum Gasteiger partial charge on any atom is 0.243 e. The molecule has 0 spiro atoms. The molecule has 2 N–H and O–H groups in total. The van der Waals surface area contributed by atoms with E-state index in [1.54, 1.807) is 24.3 Å². The monoisotopic (exact) mass is 464 g/mol. The van der Waals surface area contributed by atoms with Crippen molar-refractivity contribution >= 4 is 33.0 Å². The summed E-state index contributed by atoms with van der Waals surface area (Å²) in [5, 5.41) is 3.00. The van der Waals surface area contributed by atoms with E-state index >= 15 is 0 Å². The topological polar surface area (TPSA) is 81.8 Å². The molecule has 1 fully saturated rings. The van der Waals surface area contributed by atoms with Gasteiger partial charge in [-0.05, 0) is 42.0 Å². The van der Waals surface area contributed by atoms with Crippen LogP contribution in [0, 0.1) is 0 Å². The summed E-state index contributed by atoms with van der Waals surface area (Å²) in [4.78, 5) is 17.8. The average molecular weight is 465 g/mol. The lowest BCUT2D eigenvalue weighted by Crippen LogP contribution is -2.57. The Morgan fingerprint density at radius 1 is 0.879 bits per heavy atom. The number of rotatable bonds is 7. The Hall–Kier alpha value is -3.36. The number of para-hydroxylation sites is 1. The summed E-state index contributed by atoms with van der Waals surface area (Å²) >= 11 is 0. The zero-order chi connectivity index (χ0) is 23.3. The lowest BCUT2D eigenvalue weighted by Gasteiger charge is -2.41. The van der Waals surface area contributed by atoms with Crippen molar-refractivity contribution in [2.75, 3.05) is 40.8 Å². The lowest BCUT2D eigenvalue weighted by molar-refractivity contribution is -0.121. The van der Waals surface area contributed by atoms with Gasteiger partial charge in [-0.2, -0.15) is 0 Å². The predicted molar refractivity (Wildman–Crippen MR) is 133 cm³/mol. The summed E-state index contributed by atoms with van der Waals surface area (Å²) in [6.45, 7) is 2.88. The maximum atomic E-state index is 13.4. The number of benzene rings is 3. The van der Waals surface area contributed by atoms with E-state index in [9.17, 15) is 13.2 Å². The highest BCUT2D eigenvalue weighted by Crippen LogP contribution is 2.22. The van der Waals surface area contributed by atoms with Crippen molar-refractivity contribution < 1.29 is 13.2 Å². The van der Waals surface area contributed by atoms with Crippen molar-refractivity contribution in [2.45, 2.75) is 12.6 Å². The van der Waals surface area contributed by atoms with Crippen molar-refractivity contribution in [2.24, 2.45) is 0 Å². The minimum atomic E-state index is -3.35. The molecule has 1 unspecified atom stereocenters. The molecule has 1 aliphatic rings. The van der Waals surface area contributed by atoms with Gasteiger partial charge >= 0.3 is 0 Å². The number of sulfonamides is 1. The summed E-state index contributed by atoms with van der Waals surface area (Å²) in [6, 6.07) is 26.6. The molecule has 0 aromatic heterocycles. The molecule has 0 saturated carbocycles. The first-order chi connectivity index (χ1) is 15.9. The van der Waals surface area contributed by atoms with Gasteiger partial charge in [-0.25, -0.2) is 8.42 Å². The summed E-state index contributed by atoms with van der Waals surface area (Å²) in [5.74, 6) is -0.0876. The molecular formula is C25H28N4O3S. The number of hydrogen-bond acceptors (Lipinski definition) is 5. The van der Waals surface area contributed by atoms with E-state index < -0.39 is 10.0 Å². The zero-order valence-electron chi connectivity index (χ0n) is 18.5. The van der Waals surface area contributed by atoms with Crippen LogP contribution >= 0.6 is 0 Å². The minimum Gasteiger partial charge on any atom is -0.368 e. The van der Waals surface area contributed by atoms with E-state index in [1.165, 1.54) is 5.56 Å². The molecule has 1 atom stereocenters. The number of piperazine rings is 1. The third-order valence-electron chi connectivity index (χ3n) is 5.60. The Morgan fingerprint density at radius 2 is 1.48 bits per heavy atom. The SMILES string of the molecule is CS(=O)(=O)Nc1ccc(NC(=O)C2CN(c3ccccc3)CCN2Cc2ccccc2)cc1. The van der Waals surface area contributed by atoms with Crippen LogP contribution in [0.15, 0.2) is 84.9 Å². The van der Waals surface area contributed by atoms with Crippen LogP contribution in [-0.2, 0) is 21.4 Å². The molecule has 1 heterocycles. The van der Waals surface area contributed by atoms with Crippen LogP contribution in [0.2, 0.25) is 0 Å². The largest absolute Gasteiger partial charge is 0.368 e. The second-order valence-corrected chi connectivity index (χ2v) is 9.94. The molecule has 3 aromatic rings. The fourth-order valence-corrected chi connectivity index (χ4v) is 4.58. The van der Waals surface area contributed by atoms with Gasteiger partial charge in [0, 0.05) is 43.2 Å². The number of nitrogens with zero attached hydrogens (tertiary/aromatic N) is 2. The van der Waals surface area contributed by atoms with Gasteiger partial charge in [-0.1, -0.05) is 48.5 Å². The first kappa shape index (κ1) is 22.8. The van der Waals surface area contributed by atoms with Crippen molar-refractivity contribution in [3.8, 4) is 0 Å². The fourth-order valence-electron chi connectivity index (χ4n) is 4.01. The normalized spacial score (nSPS) is 16.9. The van der Waals surface area contributed by atoms with E-state index in [1.807, 2.05) is 36.4 Å². The van der Waals surface area contributed by atoms with E-state index in [-0.39, 0.29) is 11.9 Å². The Morgan fingerprint density at radius 3 is 2.12 bits per heavy atom. The fraction of sp³-hybridized carbons (Fsp3) is 0.240. The number of amides is 1. The smallest absolute Gasteiger partial charge is 0.243 e. The second kappa shape index (κ2) is 10.1. The molecule has 0 bridgehead atoms. The first-order valence-corrected chi connectivity index (χ1v) is 12.7. The van der Waals surface area contributed by atoms with Gasteiger partial charge in [0.05, 0.1) is 6.26 Å². The van der Waals surface area contributed by atoms with Gasteiger partial charge < -0.3 is 10.2 Å². The molecule has 0 aliphatic carbocycles. The lowest BCUT2D eigenvalue weighted by atomic mass is 10.1. The first-order valence-electron chi connectivity index (χ1n) is 10.8. The molecule has 172 valence electrons. The molecule has 1 aliphatic heterocycles. The van der Waals surface area contributed by atoms with Gasteiger partial charge in [-0.15, -0.1) is 0 Å². The van der Waals surface area contributed by atoms with E-state index in [4.69, 9.17) is 0 Å². The van der Waals surface area contributed by atoms with Gasteiger partial charge in [0.15, 0.2) is 0 Å². The average Bonchev–Trinajstić information content (AvgIpc) is 2.81. The number of carbonyl (C=O) groups is 1. The standard InChI is InChI=1S/C25H28N4O3S/c1-33(31,32)27-22-14-12-21(13-15-22)26-25(30)24-19-28(23-10-6-3-7-11-23)16-17-29(24)18-20-8-4-2-5-9-20/h2-15,24,27H,16-19H2,1H3,(H,26,30). The van der Waals surface area contributed by atoms with Crippen LogP contribution in [0.5, 0.6) is 0 Å². The van der Waals surface area contributed by atoms with Crippen LogP contribution in [-0.4, -0.2) is 51.2 Å².